The number of guanidine groups is 1. The van der Waals surface area contributed by atoms with Crippen molar-refractivity contribution in [1.82, 2.24) is 56.8 Å². The average molecular weight is 1290 g/mol. The predicted molar refractivity (Wildman–Crippen MR) is 337 cm³/mol. The fourth-order valence-corrected chi connectivity index (χ4v) is 9.21. The van der Waals surface area contributed by atoms with Gasteiger partial charge >= 0.3 is 30.0 Å². The molecule has 0 bridgehead atoms. The second-order valence-corrected chi connectivity index (χ2v) is 21.2. The molecule has 0 aliphatic carbocycles. The number of carboxylic acids is 3. The molecule has 1 aliphatic rings. The zero-order valence-corrected chi connectivity index (χ0v) is 52.3. The Labute approximate surface area is 535 Å². The summed E-state index contributed by atoms with van der Waals surface area (Å²) in [4.78, 5) is 122. The van der Waals surface area contributed by atoms with Crippen LogP contribution in [0.4, 0.5) is 9.59 Å². The summed E-state index contributed by atoms with van der Waals surface area (Å²) >= 11 is 0. The number of nitrogens with zero attached hydrogens (tertiary/aromatic N) is 5. The largest absolute Gasteiger partial charge is 0.491 e. The maximum Gasteiger partial charge on any atom is 0.321 e. The van der Waals surface area contributed by atoms with Gasteiger partial charge in [-0.2, -0.15) is 0 Å². The molecule has 31 heteroatoms. The third kappa shape index (κ3) is 34.0. The highest BCUT2D eigenvalue weighted by Crippen LogP contribution is 2.28. The number of primary amides is 1. The lowest BCUT2D eigenvalue weighted by Gasteiger charge is -2.32. The van der Waals surface area contributed by atoms with Gasteiger partial charge in [0.25, 0.3) is 0 Å². The van der Waals surface area contributed by atoms with Crippen molar-refractivity contribution in [2.45, 2.75) is 51.2 Å². The Morgan fingerprint density at radius 2 is 1.00 bits per heavy atom. The molecule has 31 nitrogen and oxygen atoms in total. The normalized spacial score (nSPS) is 14.5. The lowest BCUT2D eigenvalue weighted by Crippen LogP contribution is -2.50. The highest BCUT2D eigenvalue weighted by atomic mass is 16.6. The standard InChI is InChI=1S/C61H92N14O17/c1-2-51(76)64-18-19-67-61(87)71-59(62)66-17-7-12-50(57(84)68-39-45-13-15-46(16-14-45)40-69-60(63)86)70-58(85)56(47-8-4-3-5-9-47)48-10-6-11-49(38-48)92-37-36-91-35-34-90-33-32-89-31-30-88-29-20-65-52(77)41-72-21-23-73(42-53(78)79)25-27-75(44-55(82)83)28-26-74(24-22-72)43-54(80)81/h3-6,8-11,13-16,38,50,56H,2,7,12,17-37,39-44H2,1H3,(H,64,76)(H,65,77)(H,68,84)(H,70,85)(H,78,79)(H,80,81)(H,82,83)(H3,63,69,86)(H4,62,66,67,71,87)/t50-,56-/m1/s1. The Morgan fingerprint density at radius 3 is 1.52 bits per heavy atom. The number of aliphatic carboxylic acids is 3. The van der Waals surface area contributed by atoms with Gasteiger partial charge in [-0.25, -0.2) is 9.59 Å². The summed E-state index contributed by atoms with van der Waals surface area (Å²) in [6, 6.07) is 21.1. The van der Waals surface area contributed by atoms with E-state index in [1.54, 1.807) is 70.2 Å². The predicted octanol–water partition coefficient (Wildman–Crippen LogP) is -1.25. The number of aliphatic imine (C=N–C) groups is 1. The van der Waals surface area contributed by atoms with Crippen molar-refractivity contribution in [1.29, 1.82) is 0 Å². The van der Waals surface area contributed by atoms with Crippen LogP contribution in [0.15, 0.2) is 83.9 Å². The number of benzene rings is 3. The van der Waals surface area contributed by atoms with Gasteiger partial charge in [-0.3, -0.25) is 63.5 Å². The van der Waals surface area contributed by atoms with Crippen LogP contribution >= 0.6 is 0 Å². The van der Waals surface area contributed by atoms with Crippen molar-refractivity contribution in [2.24, 2.45) is 16.5 Å². The average Bonchev–Trinajstić information content (AvgIpc) is 0.948. The lowest BCUT2D eigenvalue weighted by molar-refractivity contribution is -0.140. The number of carbonyl (C=O) groups excluding carboxylic acids is 6. The van der Waals surface area contributed by atoms with Crippen molar-refractivity contribution in [2.75, 3.05) is 164 Å². The van der Waals surface area contributed by atoms with Crippen molar-refractivity contribution in [3.63, 3.8) is 0 Å². The molecule has 92 heavy (non-hydrogen) atoms. The molecular weight excluding hydrogens is 1200 g/mol. The minimum absolute atomic E-state index is 0.00602. The first-order valence-corrected chi connectivity index (χ1v) is 30.6. The molecule has 3 aromatic rings. The molecule has 1 heterocycles. The molecule has 0 spiro atoms. The van der Waals surface area contributed by atoms with Crippen molar-refractivity contribution < 1.29 is 82.2 Å². The van der Waals surface area contributed by atoms with E-state index in [4.69, 9.17) is 35.2 Å². The van der Waals surface area contributed by atoms with Crippen LogP contribution in [-0.2, 0) is 65.6 Å². The summed E-state index contributed by atoms with van der Waals surface area (Å²) in [6.07, 6.45) is 0.756. The Balaban J connectivity index is 1.18. The number of amides is 8. The van der Waals surface area contributed by atoms with Gasteiger partial charge in [0.2, 0.25) is 23.6 Å². The number of rotatable bonds is 41. The van der Waals surface area contributed by atoms with Crippen molar-refractivity contribution in [3.05, 3.63) is 101 Å². The number of nitrogens with two attached hydrogens (primary N) is 2. The third-order valence-corrected chi connectivity index (χ3v) is 14.0. The highest BCUT2D eigenvalue weighted by molar-refractivity contribution is 5.95. The fourth-order valence-electron chi connectivity index (χ4n) is 9.21. The molecule has 1 saturated heterocycles. The van der Waals surface area contributed by atoms with Crippen molar-refractivity contribution in [3.8, 4) is 5.75 Å². The minimum atomic E-state index is -1.04. The van der Waals surface area contributed by atoms with Crippen LogP contribution in [0.2, 0.25) is 0 Å². The molecule has 1 aliphatic heterocycles. The minimum Gasteiger partial charge on any atom is -0.491 e. The number of hydrogen-bond donors (Lipinski definition) is 12. The van der Waals surface area contributed by atoms with E-state index in [0.29, 0.717) is 82.5 Å². The topological polar surface area (TPSA) is 422 Å². The van der Waals surface area contributed by atoms with Gasteiger partial charge in [-0.1, -0.05) is 73.7 Å². The molecule has 0 radical (unpaired) electrons. The maximum absolute atomic E-state index is 14.5. The number of ether oxygens (including phenoxy) is 5. The molecule has 2 atom stereocenters. The molecule has 0 aromatic heterocycles. The van der Waals surface area contributed by atoms with E-state index in [1.807, 2.05) is 35.2 Å². The molecule has 0 saturated carbocycles. The lowest BCUT2D eigenvalue weighted by atomic mass is 9.90. The Morgan fingerprint density at radius 1 is 0.522 bits per heavy atom. The number of carboxylic acid groups (broad SMARTS) is 3. The van der Waals surface area contributed by atoms with E-state index in [2.05, 4.69) is 42.2 Å². The first-order valence-electron chi connectivity index (χ1n) is 30.6. The molecule has 1 fully saturated rings. The molecule has 3 aromatic carbocycles. The van der Waals surface area contributed by atoms with E-state index in [1.165, 1.54) is 0 Å². The zero-order chi connectivity index (χ0) is 66.7. The second kappa shape index (κ2) is 44.8. The van der Waals surface area contributed by atoms with Crippen LogP contribution in [0.25, 0.3) is 0 Å². The quantitative estimate of drug-likeness (QED) is 0.0179. The van der Waals surface area contributed by atoms with E-state index in [9.17, 15) is 58.5 Å². The number of urea groups is 2. The Hall–Kier alpha value is -8.56. The van der Waals surface area contributed by atoms with Gasteiger partial charge in [0.1, 0.15) is 18.4 Å². The summed E-state index contributed by atoms with van der Waals surface area (Å²) in [7, 11) is 0. The highest BCUT2D eigenvalue weighted by Gasteiger charge is 2.29. The molecule has 8 amide bonds. The number of nitrogens with one attached hydrogen (secondary N) is 7. The van der Waals surface area contributed by atoms with Crippen LogP contribution in [0, 0.1) is 0 Å². The smallest absolute Gasteiger partial charge is 0.321 e. The van der Waals surface area contributed by atoms with Crippen LogP contribution in [0.5, 0.6) is 5.75 Å². The molecule has 0 unspecified atom stereocenters. The van der Waals surface area contributed by atoms with Gasteiger partial charge in [-0.05, 0) is 47.2 Å². The zero-order valence-electron chi connectivity index (χ0n) is 52.3. The molecular formula is C61H92N14O17. The van der Waals surface area contributed by atoms with E-state index in [0.717, 1.165) is 11.1 Å². The first-order chi connectivity index (χ1) is 44.4. The van der Waals surface area contributed by atoms with Gasteiger partial charge in [0.15, 0.2) is 5.96 Å². The SMILES string of the molecule is CCC(=O)NCCNC(=O)NC(N)=NCCC[C@@H](NC(=O)[C@H](c1ccccc1)c1cccc(OCCOCCOCCOCCOCCNC(=O)CN2CCN(CC(=O)O)CCN(CC(=O)O)CCN(CC(=O)O)CC2)c1)C(=O)NCc1ccc(CNC(N)=O)cc1. The van der Waals surface area contributed by atoms with Gasteiger partial charge in [0, 0.05) is 98.0 Å². The molecule has 4 rings (SSSR count). The van der Waals surface area contributed by atoms with E-state index >= 15 is 0 Å². The monoisotopic (exact) mass is 1290 g/mol. The van der Waals surface area contributed by atoms with Gasteiger partial charge in [0.05, 0.1) is 85.0 Å². The summed E-state index contributed by atoms with van der Waals surface area (Å²) in [5.41, 5.74) is 14.0. The summed E-state index contributed by atoms with van der Waals surface area (Å²) < 4.78 is 28.6. The third-order valence-electron chi connectivity index (χ3n) is 14.0. The van der Waals surface area contributed by atoms with Crippen LogP contribution in [0.3, 0.4) is 0 Å². The van der Waals surface area contributed by atoms with Gasteiger partial charge < -0.3 is 82.4 Å². The summed E-state index contributed by atoms with van der Waals surface area (Å²) in [5, 5.41) is 47.2. The van der Waals surface area contributed by atoms with Crippen molar-refractivity contribution >= 4 is 59.6 Å². The number of carbonyl (C=O) groups is 9. The van der Waals surface area contributed by atoms with E-state index < -0.39 is 53.7 Å². The second-order valence-electron chi connectivity index (χ2n) is 21.2. The van der Waals surface area contributed by atoms with Crippen LogP contribution < -0.4 is 53.4 Å². The number of hydrogen-bond acceptors (Lipinski definition) is 19. The summed E-state index contributed by atoms with van der Waals surface area (Å²) in [5.74, 6) is -4.96. The van der Waals surface area contributed by atoms with Crippen LogP contribution in [0.1, 0.15) is 54.4 Å². The molecule has 508 valence electrons. The Bertz CT molecular complexity index is 2740. The molecule has 14 N–H and O–H groups in total. The van der Waals surface area contributed by atoms with Crippen LogP contribution in [-0.4, -0.2) is 265 Å². The first kappa shape index (κ1) is 75.9. The Kier molecular flexibility index (Phi) is 37.0. The fraction of sp³-hybridized carbons (Fsp3) is 0.541. The van der Waals surface area contributed by atoms with Gasteiger partial charge in [-0.15, -0.1) is 0 Å². The maximum atomic E-state index is 14.5. The van der Waals surface area contributed by atoms with E-state index in [-0.39, 0.29) is 149 Å². The summed E-state index contributed by atoms with van der Waals surface area (Å²) in [6.45, 7) is 6.85.